The Balaban J connectivity index is 1.65. The lowest BCUT2D eigenvalue weighted by atomic mass is 10.2. The highest BCUT2D eigenvalue weighted by atomic mass is 32.2. The number of benzene rings is 1. The van der Waals surface area contributed by atoms with Gasteiger partial charge < -0.3 is 8.83 Å². The van der Waals surface area contributed by atoms with Crippen molar-refractivity contribution in [1.82, 2.24) is 20.4 Å². The molecule has 0 unspecified atom stereocenters. The van der Waals surface area contributed by atoms with Gasteiger partial charge in [0.15, 0.2) is 0 Å². The summed E-state index contributed by atoms with van der Waals surface area (Å²) in [7, 11) is 0. The van der Waals surface area contributed by atoms with Crippen molar-refractivity contribution in [1.29, 1.82) is 0 Å². The molecule has 0 fully saturated rings. The fourth-order valence-corrected chi connectivity index (χ4v) is 2.26. The Morgan fingerprint density at radius 2 is 1.82 bits per heavy atom. The molecular formula is C14H13FN4O2S. The van der Waals surface area contributed by atoms with E-state index in [4.69, 9.17) is 8.83 Å². The van der Waals surface area contributed by atoms with E-state index < -0.39 is 0 Å². The van der Waals surface area contributed by atoms with Gasteiger partial charge in [-0.05, 0) is 24.3 Å². The highest BCUT2D eigenvalue weighted by molar-refractivity contribution is 7.98. The third kappa shape index (κ3) is 3.33. The number of aromatic nitrogens is 4. The SMILES string of the molecule is CC(C)c1nnc(SCc2nnc(-c3ccc(F)cc3)o2)o1. The lowest BCUT2D eigenvalue weighted by Crippen LogP contribution is -1.85. The molecule has 1 aromatic carbocycles. The molecule has 3 aromatic rings. The summed E-state index contributed by atoms with van der Waals surface area (Å²) >= 11 is 1.33. The Morgan fingerprint density at radius 3 is 2.50 bits per heavy atom. The van der Waals surface area contributed by atoms with Crippen molar-refractivity contribution in [3.63, 3.8) is 0 Å². The number of thioether (sulfide) groups is 1. The first-order valence-electron chi connectivity index (χ1n) is 6.66. The molecule has 2 aromatic heterocycles. The summed E-state index contributed by atoms with van der Waals surface area (Å²) in [5.41, 5.74) is 0.671. The fraction of sp³-hybridized carbons (Fsp3) is 0.286. The minimum Gasteiger partial charge on any atom is -0.420 e. The van der Waals surface area contributed by atoms with E-state index in [0.29, 0.717) is 34.2 Å². The van der Waals surface area contributed by atoms with Gasteiger partial charge in [0.2, 0.25) is 17.7 Å². The Morgan fingerprint density at radius 1 is 1.05 bits per heavy atom. The third-order valence-corrected chi connectivity index (χ3v) is 3.60. The van der Waals surface area contributed by atoms with E-state index >= 15 is 0 Å². The Labute approximate surface area is 130 Å². The van der Waals surface area contributed by atoms with Crippen LogP contribution in [0.15, 0.2) is 38.3 Å². The number of rotatable bonds is 5. The zero-order valence-electron chi connectivity index (χ0n) is 12.0. The zero-order valence-corrected chi connectivity index (χ0v) is 12.8. The summed E-state index contributed by atoms with van der Waals surface area (Å²) in [6.07, 6.45) is 0. The zero-order chi connectivity index (χ0) is 15.5. The Kier molecular flexibility index (Phi) is 4.19. The van der Waals surface area contributed by atoms with Gasteiger partial charge in [-0.15, -0.1) is 20.4 Å². The van der Waals surface area contributed by atoms with Crippen LogP contribution in [0.1, 0.15) is 31.5 Å². The monoisotopic (exact) mass is 320 g/mol. The molecule has 8 heteroatoms. The Hall–Kier alpha value is -2.22. The van der Waals surface area contributed by atoms with Crippen molar-refractivity contribution >= 4 is 11.8 Å². The van der Waals surface area contributed by atoms with E-state index in [1.165, 1.54) is 23.9 Å². The molecule has 114 valence electrons. The van der Waals surface area contributed by atoms with Gasteiger partial charge in [-0.25, -0.2) is 4.39 Å². The minimum absolute atomic E-state index is 0.190. The lowest BCUT2D eigenvalue weighted by molar-refractivity contribution is 0.398. The molecule has 2 heterocycles. The molecule has 0 N–H and O–H groups in total. The molecule has 0 aliphatic rings. The van der Waals surface area contributed by atoms with E-state index in [9.17, 15) is 4.39 Å². The van der Waals surface area contributed by atoms with Crippen molar-refractivity contribution < 1.29 is 13.2 Å². The van der Waals surface area contributed by atoms with E-state index in [0.717, 1.165) is 0 Å². The van der Waals surface area contributed by atoms with Crippen LogP contribution >= 0.6 is 11.8 Å². The summed E-state index contributed by atoms with van der Waals surface area (Å²) in [5.74, 6) is 1.69. The first kappa shape index (κ1) is 14.7. The molecular weight excluding hydrogens is 307 g/mol. The first-order valence-corrected chi connectivity index (χ1v) is 7.65. The maximum Gasteiger partial charge on any atom is 0.277 e. The van der Waals surface area contributed by atoms with Crippen LogP contribution in [-0.4, -0.2) is 20.4 Å². The number of hydrogen-bond donors (Lipinski definition) is 0. The first-order chi connectivity index (χ1) is 10.6. The normalized spacial score (nSPS) is 11.3. The van der Waals surface area contributed by atoms with Gasteiger partial charge in [0.25, 0.3) is 5.22 Å². The van der Waals surface area contributed by atoms with Gasteiger partial charge in [0.1, 0.15) is 5.82 Å². The van der Waals surface area contributed by atoms with Crippen LogP contribution in [-0.2, 0) is 5.75 Å². The maximum absolute atomic E-state index is 12.9. The molecule has 0 saturated heterocycles. The van der Waals surface area contributed by atoms with E-state index in [1.807, 2.05) is 13.8 Å². The fourth-order valence-electron chi connectivity index (χ4n) is 1.66. The van der Waals surface area contributed by atoms with Crippen LogP contribution in [0.4, 0.5) is 4.39 Å². The smallest absolute Gasteiger partial charge is 0.277 e. The molecule has 0 aliphatic carbocycles. The molecule has 0 atom stereocenters. The topological polar surface area (TPSA) is 77.8 Å². The molecule has 0 saturated carbocycles. The molecule has 3 rings (SSSR count). The minimum atomic E-state index is -0.309. The van der Waals surface area contributed by atoms with E-state index in [2.05, 4.69) is 20.4 Å². The van der Waals surface area contributed by atoms with Crippen LogP contribution in [0.5, 0.6) is 0 Å². The maximum atomic E-state index is 12.9. The second kappa shape index (κ2) is 6.27. The standard InChI is InChI=1S/C14H13FN4O2S/c1-8(2)12-17-19-14(21-12)22-7-11-16-18-13(20-11)9-3-5-10(15)6-4-9/h3-6,8H,7H2,1-2H3. The number of nitrogens with zero attached hydrogens (tertiary/aromatic N) is 4. The van der Waals surface area contributed by atoms with E-state index in [1.54, 1.807) is 12.1 Å². The third-order valence-electron chi connectivity index (χ3n) is 2.79. The summed E-state index contributed by atoms with van der Waals surface area (Å²) in [4.78, 5) is 0. The predicted octanol–water partition coefficient (Wildman–Crippen LogP) is 3.67. The van der Waals surface area contributed by atoms with Crippen molar-refractivity contribution in [3.05, 3.63) is 41.9 Å². The largest absolute Gasteiger partial charge is 0.420 e. The van der Waals surface area contributed by atoms with Crippen molar-refractivity contribution in [2.75, 3.05) is 0 Å². The number of halogens is 1. The summed E-state index contributed by atoms with van der Waals surface area (Å²) in [5, 5.41) is 16.2. The quantitative estimate of drug-likeness (QED) is 0.664. The highest BCUT2D eigenvalue weighted by Crippen LogP contribution is 2.25. The molecule has 0 spiro atoms. The van der Waals surface area contributed by atoms with Crippen molar-refractivity contribution in [3.8, 4) is 11.5 Å². The van der Waals surface area contributed by atoms with Crippen molar-refractivity contribution in [2.24, 2.45) is 0 Å². The second-order valence-corrected chi connectivity index (χ2v) is 5.78. The van der Waals surface area contributed by atoms with Gasteiger partial charge in [-0.2, -0.15) is 0 Å². The van der Waals surface area contributed by atoms with Crippen molar-refractivity contribution in [2.45, 2.75) is 30.7 Å². The van der Waals surface area contributed by atoms with E-state index in [-0.39, 0.29) is 11.7 Å². The second-order valence-electron chi connectivity index (χ2n) is 4.86. The van der Waals surface area contributed by atoms with Crippen LogP contribution in [0.25, 0.3) is 11.5 Å². The van der Waals surface area contributed by atoms with Crippen LogP contribution in [0.2, 0.25) is 0 Å². The van der Waals surface area contributed by atoms with Crippen LogP contribution in [0, 0.1) is 5.82 Å². The average molecular weight is 320 g/mol. The predicted molar refractivity (Wildman–Crippen MR) is 77.6 cm³/mol. The molecule has 0 aliphatic heterocycles. The Bertz CT molecular complexity index is 754. The summed E-state index contributed by atoms with van der Waals surface area (Å²) in [6.45, 7) is 3.96. The van der Waals surface area contributed by atoms with Gasteiger partial charge in [-0.1, -0.05) is 25.6 Å². The molecule has 0 bridgehead atoms. The van der Waals surface area contributed by atoms with Gasteiger partial charge in [0.05, 0.1) is 5.75 Å². The molecule has 6 nitrogen and oxygen atoms in total. The number of hydrogen-bond acceptors (Lipinski definition) is 7. The molecule has 22 heavy (non-hydrogen) atoms. The molecule has 0 radical (unpaired) electrons. The lowest BCUT2D eigenvalue weighted by Gasteiger charge is -1.95. The highest BCUT2D eigenvalue weighted by Gasteiger charge is 2.13. The van der Waals surface area contributed by atoms with Gasteiger partial charge >= 0.3 is 0 Å². The summed E-state index contributed by atoms with van der Waals surface area (Å²) < 4.78 is 23.9. The molecule has 0 amide bonds. The van der Waals surface area contributed by atoms with Crippen LogP contribution in [0.3, 0.4) is 0 Å². The average Bonchev–Trinajstić information content (AvgIpc) is 3.15. The van der Waals surface area contributed by atoms with Gasteiger partial charge in [0, 0.05) is 11.5 Å². The van der Waals surface area contributed by atoms with Gasteiger partial charge in [-0.3, -0.25) is 0 Å². The summed E-state index contributed by atoms with van der Waals surface area (Å²) in [6, 6.07) is 5.87. The van der Waals surface area contributed by atoms with Crippen LogP contribution < -0.4 is 0 Å².